The Balaban J connectivity index is 1.66. The number of ether oxygens (including phenoxy) is 1. The molecule has 0 aromatic heterocycles. The van der Waals surface area contributed by atoms with Gasteiger partial charge in [-0.15, -0.1) is 0 Å². The third kappa shape index (κ3) is 7.56. The number of unbranched alkanes of at least 4 members (excludes halogenated alkanes) is 2. The maximum Gasteiger partial charge on any atom is 0.333 e. The first-order valence-electron chi connectivity index (χ1n) is 13.2. The van der Waals surface area contributed by atoms with Gasteiger partial charge in [0.1, 0.15) is 0 Å². The van der Waals surface area contributed by atoms with E-state index in [0.717, 1.165) is 17.0 Å². The SMILES string of the molecule is C=C(C)C(=O)OCCc1cc(CCO)ccc1-c1ccc(C2CCC(CCCCC)CC2)cc1. The summed E-state index contributed by atoms with van der Waals surface area (Å²) < 4.78 is 5.35. The summed E-state index contributed by atoms with van der Waals surface area (Å²) in [5.41, 5.74) is 6.47. The molecule has 1 fully saturated rings. The van der Waals surface area contributed by atoms with Gasteiger partial charge in [0.15, 0.2) is 0 Å². The predicted octanol–water partition coefficient (Wildman–Crippen LogP) is 7.40. The predicted molar refractivity (Wildman–Crippen MR) is 141 cm³/mol. The van der Waals surface area contributed by atoms with Gasteiger partial charge < -0.3 is 9.84 Å². The van der Waals surface area contributed by atoms with E-state index in [1.54, 1.807) is 6.92 Å². The number of esters is 1. The Kier molecular flexibility index (Phi) is 10.4. The minimum atomic E-state index is -0.350. The second kappa shape index (κ2) is 13.5. The van der Waals surface area contributed by atoms with Crippen LogP contribution in [0.1, 0.15) is 87.8 Å². The molecule has 0 heterocycles. The van der Waals surface area contributed by atoms with E-state index in [4.69, 9.17) is 4.74 Å². The lowest BCUT2D eigenvalue weighted by Crippen LogP contribution is -2.13. The van der Waals surface area contributed by atoms with Crippen molar-refractivity contribution in [2.45, 2.75) is 84.0 Å². The fourth-order valence-corrected chi connectivity index (χ4v) is 5.20. The lowest BCUT2D eigenvalue weighted by molar-refractivity contribution is -0.138. The third-order valence-corrected chi connectivity index (χ3v) is 7.28. The van der Waals surface area contributed by atoms with Gasteiger partial charge in [-0.25, -0.2) is 4.79 Å². The van der Waals surface area contributed by atoms with Crippen LogP contribution in [0.5, 0.6) is 0 Å². The molecule has 1 saturated carbocycles. The highest BCUT2D eigenvalue weighted by atomic mass is 16.5. The number of aliphatic hydroxyl groups excluding tert-OH is 1. The molecule has 0 amide bonds. The molecule has 184 valence electrons. The molecule has 1 N–H and O–H groups in total. The van der Waals surface area contributed by atoms with Crippen LogP contribution in [0.2, 0.25) is 0 Å². The molecular formula is C31H42O3. The molecule has 0 saturated heterocycles. The van der Waals surface area contributed by atoms with Crippen molar-refractivity contribution in [1.82, 2.24) is 0 Å². The Morgan fingerprint density at radius 3 is 2.41 bits per heavy atom. The van der Waals surface area contributed by atoms with E-state index in [0.29, 0.717) is 30.9 Å². The van der Waals surface area contributed by atoms with Gasteiger partial charge in [0.2, 0.25) is 0 Å². The van der Waals surface area contributed by atoms with Crippen LogP contribution in [0.25, 0.3) is 11.1 Å². The average Bonchev–Trinajstić information content (AvgIpc) is 2.85. The molecule has 0 atom stereocenters. The molecular weight excluding hydrogens is 420 g/mol. The van der Waals surface area contributed by atoms with E-state index in [2.05, 4.69) is 56.0 Å². The fraction of sp³-hybridized carbons (Fsp3) is 0.516. The molecule has 3 heteroatoms. The maximum absolute atomic E-state index is 11.8. The molecule has 1 aliphatic rings. The zero-order valence-corrected chi connectivity index (χ0v) is 21.2. The zero-order valence-electron chi connectivity index (χ0n) is 21.2. The van der Waals surface area contributed by atoms with Crippen LogP contribution < -0.4 is 0 Å². The number of carbonyl (C=O) groups is 1. The minimum Gasteiger partial charge on any atom is -0.462 e. The van der Waals surface area contributed by atoms with Crippen LogP contribution >= 0.6 is 0 Å². The zero-order chi connectivity index (χ0) is 24.3. The number of rotatable bonds is 12. The van der Waals surface area contributed by atoms with Crippen LogP contribution in [0, 0.1) is 5.92 Å². The number of hydrogen-bond donors (Lipinski definition) is 1. The highest BCUT2D eigenvalue weighted by molar-refractivity contribution is 5.86. The lowest BCUT2D eigenvalue weighted by Gasteiger charge is -2.29. The van der Waals surface area contributed by atoms with Crippen molar-refractivity contribution in [3.8, 4) is 11.1 Å². The summed E-state index contributed by atoms with van der Waals surface area (Å²) in [6.45, 7) is 8.04. The van der Waals surface area contributed by atoms with Crippen molar-refractivity contribution in [2.75, 3.05) is 13.2 Å². The highest BCUT2D eigenvalue weighted by Crippen LogP contribution is 2.38. The van der Waals surface area contributed by atoms with Crippen molar-refractivity contribution >= 4 is 5.97 Å². The molecule has 0 bridgehead atoms. The lowest BCUT2D eigenvalue weighted by atomic mass is 9.77. The van der Waals surface area contributed by atoms with E-state index in [1.807, 2.05) is 0 Å². The molecule has 0 unspecified atom stereocenters. The molecule has 2 aromatic carbocycles. The van der Waals surface area contributed by atoms with E-state index in [-0.39, 0.29) is 12.6 Å². The summed E-state index contributed by atoms with van der Waals surface area (Å²) in [5.74, 6) is 1.27. The second-order valence-corrected chi connectivity index (χ2v) is 9.97. The Labute approximate surface area is 206 Å². The van der Waals surface area contributed by atoms with Crippen LogP contribution in [0.15, 0.2) is 54.6 Å². The molecule has 34 heavy (non-hydrogen) atoms. The Bertz CT molecular complexity index is 920. The fourth-order valence-electron chi connectivity index (χ4n) is 5.20. The molecule has 0 spiro atoms. The van der Waals surface area contributed by atoms with Crippen molar-refractivity contribution < 1.29 is 14.6 Å². The minimum absolute atomic E-state index is 0.124. The molecule has 2 aromatic rings. The molecule has 0 radical (unpaired) electrons. The number of hydrogen-bond acceptors (Lipinski definition) is 3. The third-order valence-electron chi connectivity index (χ3n) is 7.28. The summed E-state index contributed by atoms with van der Waals surface area (Å²) in [6.07, 6.45) is 12.1. The maximum atomic E-state index is 11.8. The smallest absolute Gasteiger partial charge is 0.333 e. The van der Waals surface area contributed by atoms with Crippen LogP contribution in [-0.4, -0.2) is 24.3 Å². The van der Waals surface area contributed by atoms with Crippen molar-refractivity contribution in [3.63, 3.8) is 0 Å². The van der Waals surface area contributed by atoms with Crippen molar-refractivity contribution in [1.29, 1.82) is 0 Å². The highest BCUT2D eigenvalue weighted by Gasteiger charge is 2.22. The number of benzene rings is 2. The van der Waals surface area contributed by atoms with Gasteiger partial charge in [0, 0.05) is 18.6 Å². The quantitative estimate of drug-likeness (QED) is 0.203. The van der Waals surface area contributed by atoms with Crippen LogP contribution in [0.3, 0.4) is 0 Å². The topological polar surface area (TPSA) is 46.5 Å². The Morgan fingerprint density at radius 1 is 1.03 bits per heavy atom. The van der Waals surface area contributed by atoms with E-state index >= 15 is 0 Å². The molecule has 3 rings (SSSR count). The van der Waals surface area contributed by atoms with Gasteiger partial charge in [-0.1, -0.05) is 81.7 Å². The average molecular weight is 463 g/mol. The van der Waals surface area contributed by atoms with E-state index in [1.165, 1.54) is 68.1 Å². The van der Waals surface area contributed by atoms with Gasteiger partial charge in [-0.3, -0.25) is 0 Å². The summed E-state index contributed by atoms with van der Waals surface area (Å²) >= 11 is 0. The number of carbonyl (C=O) groups excluding carboxylic acids is 1. The monoisotopic (exact) mass is 462 g/mol. The number of aliphatic hydroxyl groups is 1. The summed E-state index contributed by atoms with van der Waals surface area (Å²) in [4.78, 5) is 11.8. The van der Waals surface area contributed by atoms with Crippen LogP contribution in [0.4, 0.5) is 0 Å². The van der Waals surface area contributed by atoms with Gasteiger partial charge >= 0.3 is 5.97 Å². The first-order valence-corrected chi connectivity index (χ1v) is 13.2. The largest absolute Gasteiger partial charge is 0.462 e. The molecule has 3 nitrogen and oxygen atoms in total. The van der Waals surface area contributed by atoms with Gasteiger partial charge in [-0.2, -0.15) is 0 Å². The van der Waals surface area contributed by atoms with Crippen molar-refractivity contribution in [2.24, 2.45) is 5.92 Å². The van der Waals surface area contributed by atoms with E-state index in [9.17, 15) is 9.90 Å². The van der Waals surface area contributed by atoms with Gasteiger partial charge in [0.25, 0.3) is 0 Å². The second-order valence-electron chi connectivity index (χ2n) is 9.97. The first-order chi connectivity index (χ1) is 16.5. The van der Waals surface area contributed by atoms with Crippen LogP contribution in [-0.2, 0) is 22.4 Å². The Morgan fingerprint density at radius 2 is 1.76 bits per heavy atom. The van der Waals surface area contributed by atoms with E-state index < -0.39 is 0 Å². The van der Waals surface area contributed by atoms with Gasteiger partial charge in [0.05, 0.1) is 6.61 Å². The summed E-state index contributed by atoms with van der Waals surface area (Å²) in [7, 11) is 0. The normalized spacial score (nSPS) is 18.0. The summed E-state index contributed by atoms with van der Waals surface area (Å²) in [5, 5.41) is 9.35. The molecule has 0 aliphatic heterocycles. The molecule has 1 aliphatic carbocycles. The summed E-state index contributed by atoms with van der Waals surface area (Å²) in [6, 6.07) is 15.5. The van der Waals surface area contributed by atoms with Gasteiger partial charge in [-0.05, 0) is 78.7 Å². The Hall–Kier alpha value is -2.39. The first kappa shape index (κ1) is 26.2. The van der Waals surface area contributed by atoms with Crippen molar-refractivity contribution in [3.05, 3.63) is 71.3 Å². The standard InChI is InChI=1S/C31H42O3/c1-4-5-6-7-24-8-11-26(12-9-24)27-13-15-28(16-14-27)30-17-10-25(18-20-32)22-29(30)19-21-34-31(33)23(2)3/h10,13-17,22,24,26,32H,2,4-9,11-12,18-21H2,1,3H3.